The summed E-state index contributed by atoms with van der Waals surface area (Å²) in [7, 11) is 0. The second-order valence-electron chi connectivity index (χ2n) is 5.05. The summed E-state index contributed by atoms with van der Waals surface area (Å²) in [6, 6.07) is 6.81. The average Bonchev–Trinajstić information content (AvgIpc) is 3.00. The zero-order valence-corrected chi connectivity index (χ0v) is 11.3. The molecule has 1 aromatic heterocycles. The summed E-state index contributed by atoms with van der Waals surface area (Å²) < 4.78 is 5.55. The topological polar surface area (TPSA) is 63.4 Å². The first kappa shape index (κ1) is 12.6. The maximum absolute atomic E-state index is 12.2. The fraction of sp³-hybridized carbons (Fsp3) is 0.267. The number of hydrogen-bond acceptors (Lipinski definition) is 4. The van der Waals surface area contributed by atoms with Crippen molar-refractivity contribution >= 4 is 11.8 Å². The lowest BCUT2D eigenvalue weighted by Gasteiger charge is -2.10. The highest BCUT2D eigenvalue weighted by Gasteiger charge is 2.35. The van der Waals surface area contributed by atoms with Crippen LogP contribution in [0, 0.1) is 0 Å². The van der Waals surface area contributed by atoms with E-state index in [-0.39, 0.29) is 24.3 Å². The molecule has 20 heavy (non-hydrogen) atoms. The number of oxazole rings is 1. The lowest BCUT2D eigenvalue weighted by atomic mass is 10.1. The summed E-state index contributed by atoms with van der Waals surface area (Å²) in [5.41, 5.74) is 0.876. The van der Waals surface area contributed by atoms with E-state index in [0.717, 1.165) is 5.76 Å². The van der Waals surface area contributed by atoms with Gasteiger partial charge in [0, 0.05) is 5.92 Å². The predicted molar refractivity (Wildman–Crippen MR) is 71.2 cm³/mol. The smallest absolute Gasteiger partial charge is 0.262 e. The van der Waals surface area contributed by atoms with E-state index in [0.29, 0.717) is 17.0 Å². The molecule has 5 heteroatoms. The molecule has 0 bridgehead atoms. The van der Waals surface area contributed by atoms with Gasteiger partial charge in [0.15, 0.2) is 0 Å². The number of nitrogens with zero attached hydrogens (tertiary/aromatic N) is 2. The first-order valence-corrected chi connectivity index (χ1v) is 6.47. The van der Waals surface area contributed by atoms with Gasteiger partial charge in [-0.3, -0.25) is 14.5 Å². The number of benzene rings is 1. The van der Waals surface area contributed by atoms with E-state index >= 15 is 0 Å². The number of aromatic nitrogens is 1. The van der Waals surface area contributed by atoms with Gasteiger partial charge in [-0.2, -0.15) is 0 Å². The number of carbonyl (C=O) groups excluding carboxylic acids is 2. The molecule has 1 aliphatic heterocycles. The van der Waals surface area contributed by atoms with Gasteiger partial charge in [-0.1, -0.05) is 26.0 Å². The number of rotatable bonds is 3. The van der Waals surface area contributed by atoms with Gasteiger partial charge in [0.1, 0.15) is 12.3 Å². The third kappa shape index (κ3) is 1.91. The van der Waals surface area contributed by atoms with E-state index in [2.05, 4.69) is 4.98 Å². The van der Waals surface area contributed by atoms with Crippen LogP contribution in [0.2, 0.25) is 0 Å². The molecule has 0 spiro atoms. The third-order valence-electron chi connectivity index (χ3n) is 3.31. The highest BCUT2D eigenvalue weighted by molar-refractivity contribution is 6.21. The molecule has 2 amide bonds. The molecule has 0 fully saturated rings. The molecule has 0 saturated carbocycles. The van der Waals surface area contributed by atoms with Gasteiger partial charge in [-0.05, 0) is 12.1 Å². The molecule has 1 aliphatic rings. The van der Waals surface area contributed by atoms with Gasteiger partial charge in [0.25, 0.3) is 11.8 Å². The van der Waals surface area contributed by atoms with Crippen LogP contribution in [0.1, 0.15) is 52.1 Å². The lowest BCUT2D eigenvalue weighted by molar-refractivity contribution is 0.0628. The zero-order chi connectivity index (χ0) is 14.3. The molecule has 0 unspecified atom stereocenters. The normalized spacial score (nSPS) is 14.2. The molecule has 2 aromatic rings. The Balaban J connectivity index is 1.86. The fourth-order valence-corrected chi connectivity index (χ4v) is 2.18. The summed E-state index contributed by atoms with van der Waals surface area (Å²) in [6.07, 6.45) is 1.64. The van der Waals surface area contributed by atoms with Crippen LogP contribution in [0.5, 0.6) is 0 Å². The van der Waals surface area contributed by atoms with E-state index in [9.17, 15) is 9.59 Å². The fourth-order valence-electron chi connectivity index (χ4n) is 2.18. The Hall–Kier alpha value is -2.43. The average molecular weight is 270 g/mol. The zero-order valence-electron chi connectivity index (χ0n) is 11.3. The number of carbonyl (C=O) groups is 2. The van der Waals surface area contributed by atoms with Gasteiger partial charge in [-0.25, -0.2) is 4.98 Å². The summed E-state index contributed by atoms with van der Waals surface area (Å²) in [4.78, 5) is 29.7. The summed E-state index contributed by atoms with van der Waals surface area (Å²) in [5, 5.41) is 0. The van der Waals surface area contributed by atoms with Gasteiger partial charge in [0.2, 0.25) is 5.89 Å². The lowest BCUT2D eigenvalue weighted by Crippen LogP contribution is -2.29. The Bertz CT molecular complexity index is 653. The van der Waals surface area contributed by atoms with Crippen LogP contribution >= 0.6 is 0 Å². The van der Waals surface area contributed by atoms with E-state index < -0.39 is 0 Å². The van der Waals surface area contributed by atoms with Crippen LogP contribution in [-0.4, -0.2) is 21.7 Å². The minimum Gasteiger partial charge on any atom is -0.443 e. The quantitative estimate of drug-likeness (QED) is 0.804. The molecule has 102 valence electrons. The monoisotopic (exact) mass is 270 g/mol. The van der Waals surface area contributed by atoms with E-state index in [1.54, 1.807) is 30.5 Å². The van der Waals surface area contributed by atoms with Gasteiger partial charge < -0.3 is 4.42 Å². The Morgan fingerprint density at radius 2 is 1.75 bits per heavy atom. The van der Waals surface area contributed by atoms with Crippen molar-refractivity contribution in [1.29, 1.82) is 0 Å². The Morgan fingerprint density at radius 3 is 2.25 bits per heavy atom. The highest BCUT2D eigenvalue weighted by Crippen LogP contribution is 2.24. The van der Waals surface area contributed by atoms with Crippen molar-refractivity contribution in [3.05, 3.63) is 53.2 Å². The highest BCUT2D eigenvalue weighted by atomic mass is 16.4. The summed E-state index contributed by atoms with van der Waals surface area (Å²) in [5.74, 6) is 0.753. The van der Waals surface area contributed by atoms with E-state index in [1.165, 1.54) is 4.90 Å². The predicted octanol–water partition coefficient (Wildman–Crippen LogP) is 2.59. The van der Waals surface area contributed by atoms with Crippen LogP contribution in [0.25, 0.3) is 0 Å². The molecule has 1 aromatic carbocycles. The summed E-state index contributed by atoms with van der Waals surface area (Å²) in [6.45, 7) is 4.05. The maximum Gasteiger partial charge on any atom is 0.262 e. The Morgan fingerprint density at radius 1 is 1.15 bits per heavy atom. The van der Waals surface area contributed by atoms with Crippen molar-refractivity contribution in [3.8, 4) is 0 Å². The van der Waals surface area contributed by atoms with E-state index in [1.807, 2.05) is 13.8 Å². The number of amides is 2. The van der Waals surface area contributed by atoms with Crippen molar-refractivity contribution in [2.45, 2.75) is 26.3 Å². The molecular weight excluding hydrogens is 256 g/mol. The van der Waals surface area contributed by atoms with Gasteiger partial charge in [-0.15, -0.1) is 0 Å². The molecule has 3 rings (SSSR count). The molecule has 0 atom stereocenters. The standard InChI is InChI=1S/C15H14N2O3/c1-9(2)12-7-16-13(20-12)8-17-14(18)10-5-3-4-6-11(10)15(17)19/h3-7,9H,8H2,1-2H3. The van der Waals surface area contributed by atoms with Crippen LogP contribution in [-0.2, 0) is 6.54 Å². The minimum absolute atomic E-state index is 0.0685. The second kappa shape index (κ2) is 4.59. The van der Waals surface area contributed by atoms with Crippen molar-refractivity contribution in [2.75, 3.05) is 0 Å². The number of imide groups is 1. The Labute approximate surface area is 116 Å². The van der Waals surface area contributed by atoms with Gasteiger partial charge in [0.05, 0.1) is 17.3 Å². The van der Waals surface area contributed by atoms with Crippen molar-refractivity contribution in [3.63, 3.8) is 0 Å². The largest absolute Gasteiger partial charge is 0.443 e. The van der Waals surface area contributed by atoms with Crippen LogP contribution < -0.4 is 0 Å². The maximum atomic E-state index is 12.2. The van der Waals surface area contributed by atoms with Gasteiger partial charge >= 0.3 is 0 Å². The van der Waals surface area contributed by atoms with Crippen LogP contribution in [0.3, 0.4) is 0 Å². The molecule has 0 aliphatic carbocycles. The van der Waals surface area contributed by atoms with Crippen molar-refractivity contribution in [1.82, 2.24) is 9.88 Å². The first-order chi connectivity index (χ1) is 9.58. The molecule has 2 heterocycles. The third-order valence-corrected chi connectivity index (χ3v) is 3.31. The van der Waals surface area contributed by atoms with E-state index in [4.69, 9.17) is 4.42 Å². The van der Waals surface area contributed by atoms with Crippen LogP contribution in [0.4, 0.5) is 0 Å². The first-order valence-electron chi connectivity index (χ1n) is 6.47. The van der Waals surface area contributed by atoms with Crippen LogP contribution in [0.15, 0.2) is 34.9 Å². The molecule has 0 radical (unpaired) electrons. The van der Waals surface area contributed by atoms with Crippen molar-refractivity contribution in [2.24, 2.45) is 0 Å². The molecule has 5 nitrogen and oxygen atoms in total. The number of fused-ring (bicyclic) bond motifs is 1. The molecular formula is C15H14N2O3. The number of hydrogen-bond donors (Lipinski definition) is 0. The summed E-state index contributed by atoms with van der Waals surface area (Å²) >= 11 is 0. The van der Waals surface area contributed by atoms with Crippen molar-refractivity contribution < 1.29 is 14.0 Å². The molecule has 0 saturated heterocycles. The SMILES string of the molecule is CC(C)c1cnc(CN2C(=O)c3ccccc3C2=O)o1. The minimum atomic E-state index is -0.296. The second-order valence-corrected chi connectivity index (χ2v) is 5.05. The Kier molecular flexibility index (Phi) is 2.89. The molecule has 0 N–H and O–H groups in total.